The Balaban J connectivity index is 3.70. The van der Waals surface area contributed by atoms with Crippen molar-refractivity contribution in [1.82, 2.24) is 5.32 Å². The molecule has 0 aliphatic carbocycles. The molecule has 0 radical (unpaired) electrons. The third kappa shape index (κ3) is 43.8. The number of aliphatic hydroxyl groups excluding tert-OH is 4. The van der Waals surface area contributed by atoms with Gasteiger partial charge < -0.3 is 25.7 Å². The predicted octanol–water partition coefficient (Wildman–Crippen LogP) is 15.6. The average molecular weight is 874 g/mol. The molecule has 0 aromatic carbocycles. The van der Waals surface area contributed by atoms with Crippen LogP contribution >= 0.6 is 0 Å². The van der Waals surface area contributed by atoms with Crippen molar-refractivity contribution in [3.63, 3.8) is 0 Å². The summed E-state index contributed by atoms with van der Waals surface area (Å²) < 4.78 is 0. The second-order valence-corrected chi connectivity index (χ2v) is 18.9. The monoisotopic (exact) mass is 874 g/mol. The fraction of sp³-hybridized carbons (Fsp3) is 0.875. The molecule has 5 N–H and O–H groups in total. The summed E-state index contributed by atoms with van der Waals surface area (Å²) in [5, 5.41) is 43.8. The number of hydrogen-bond acceptors (Lipinski definition) is 5. The van der Waals surface area contributed by atoms with Crippen LogP contribution in [0.2, 0.25) is 0 Å². The van der Waals surface area contributed by atoms with E-state index in [9.17, 15) is 25.2 Å². The van der Waals surface area contributed by atoms with E-state index in [2.05, 4.69) is 55.6 Å². The van der Waals surface area contributed by atoms with Crippen LogP contribution < -0.4 is 5.32 Å². The molecular formula is C56H107NO5. The minimum absolute atomic E-state index is 0.361. The zero-order valence-electron chi connectivity index (χ0n) is 41.4. The maximum absolute atomic E-state index is 12.5. The van der Waals surface area contributed by atoms with E-state index in [0.717, 1.165) is 51.4 Å². The van der Waals surface area contributed by atoms with Crippen LogP contribution in [-0.4, -0.2) is 57.3 Å². The number of nitrogens with one attached hydrogen (secondary N) is 1. The number of rotatable bonds is 50. The highest BCUT2D eigenvalue weighted by atomic mass is 16.3. The van der Waals surface area contributed by atoms with Gasteiger partial charge in [-0.05, 0) is 64.2 Å². The molecule has 6 nitrogen and oxygen atoms in total. The summed E-state index contributed by atoms with van der Waals surface area (Å²) in [7, 11) is 0. The molecule has 0 spiro atoms. The predicted molar refractivity (Wildman–Crippen MR) is 270 cm³/mol. The van der Waals surface area contributed by atoms with Crippen molar-refractivity contribution in [2.24, 2.45) is 0 Å². The number of aliphatic hydroxyl groups is 4. The Morgan fingerprint density at radius 1 is 0.387 bits per heavy atom. The Hall–Kier alpha value is -1.47. The molecule has 366 valence electrons. The minimum Gasteiger partial charge on any atom is -0.394 e. The third-order valence-corrected chi connectivity index (χ3v) is 12.8. The number of hydrogen-bond donors (Lipinski definition) is 5. The average Bonchev–Trinajstić information content (AvgIpc) is 3.28. The molecule has 0 aliphatic rings. The molecule has 0 aromatic rings. The van der Waals surface area contributed by atoms with Crippen molar-refractivity contribution in [1.29, 1.82) is 0 Å². The standard InChI is InChI=1S/C56H107NO5/c1-3-5-7-9-11-13-15-17-19-21-22-23-24-25-26-27-28-29-30-31-32-33-34-36-37-39-41-43-45-47-49-53(59)55(61)52(51-58)57-56(62)54(60)50-48-46-44-42-40-38-35-20-18-16-14-12-10-8-6-4-2/h30-31,34,36,41,43,52-55,58-61H,3-29,32-33,35,37-40,42,44-51H2,1-2H3,(H,57,62)/b31-30+,36-34+,43-41+. The van der Waals surface area contributed by atoms with Crippen molar-refractivity contribution in [2.45, 2.75) is 308 Å². The van der Waals surface area contributed by atoms with E-state index < -0.39 is 36.9 Å². The summed E-state index contributed by atoms with van der Waals surface area (Å²) in [6.45, 7) is 4.06. The van der Waals surface area contributed by atoms with Crippen LogP contribution in [0.25, 0.3) is 0 Å². The third-order valence-electron chi connectivity index (χ3n) is 12.8. The Labute approximate surface area is 386 Å². The van der Waals surface area contributed by atoms with E-state index in [4.69, 9.17) is 0 Å². The lowest BCUT2D eigenvalue weighted by Gasteiger charge is -2.27. The maximum Gasteiger partial charge on any atom is 0.249 e. The van der Waals surface area contributed by atoms with Crippen molar-refractivity contribution in [2.75, 3.05) is 6.61 Å². The molecule has 4 atom stereocenters. The van der Waals surface area contributed by atoms with Gasteiger partial charge in [-0.3, -0.25) is 4.79 Å². The van der Waals surface area contributed by atoms with Gasteiger partial charge in [-0.1, -0.05) is 256 Å². The highest BCUT2D eigenvalue weighted by Gasteiger charge is 2.28. The second kappa shape index (κ2) is 50.5. The molecule has 62 heavy (non-hydrogen) atoms. The van der Waals surface area contributed by atoms with Crippen LogP contribution in [0, 0.1) is 0 Å². The van der Waals surface area contributed by atoms with Gasteiger partial charge in [0.25, 0.3) is 0 Å². The largest absolute Gasteiger partial charge is 0.394 e. The number of carbonyl (C=O) groups excluding carboxylic acids is 1. The van der Waals surface area contributed by atoms with Crippen LogP contribution in [0.15, 0.2) is 36.5 Å². The van der Waals surface area contributed by atoms with Gasteiger partial charge in [-0.2, -0.15) is 0 Å². The highest BCUT2D eigenvalue weighted by molar-refractivity contribution is 5.80. The highest BCUT2D eigenvalue weighted by Crippen LogP contribution is 2.17. The molecule has 6 heteroatoms. The number of unbranched alkanes of at least 4 members (excludes halogenated alkanes) is 35. The maximum atomic E-state index is 12.5. The van der Waals surface area contributed by atoms with Gasteiger partial charge in [0, 0.05) is 0 Å². The molecular weight excluding hydrogens is 767 g/mol. The normalized spacial score (nSPS) is 14.1. The zero-order chi connectivity index (χ0) is 45.2. The van der Waals surface area contributed by atoms with Crippen LogP contribution in [-0.2, 0) is 4.79 Å². The summed E-state index contributed by atoms with van der Waals surface area (Å²) >= 11 is 0. The van der Waals surface area contributed by atoms with Gasteiger partial charge >= 0.3 is 0 Å². The number of allylic oxidation sites excluding steroid dienone is 6. The van der Waals surface area contributed by atoms with Gasteiger partial charge in [0.2, 0.25) is 5.91 Å². The summed E-state index contributed by atoms with van der Waals surface area (Å²) in [6.07, 6.45) is 62.2. The molecule has 0 heterocycles. The fourth-order valence-electron chi connectivity index (χ4n) is 8.50. The Morgan fingerprint density at radius 2 is 0.677 bits per heavy atom. The van der Waals surface area contributed by atoms with Gasteiger partial charge in [0.05, 0.1) is 18.8 Å². The van der Waals surface area contributed by atoms with E-state index in [-0.39, 0.29) is 0 Å². The van der Waals surface area contributed by atoms with E-state index in [1.165, 1.54) is 199 Å². The first kappa shape index (κ1) is 60.5. The molecule has 0 bridgehead atoms. The first-order valence-electron chi connectivity index (χ1n) is 27.4. The van der Waals surface area contributed by atoms with E-state index in [1.54, 1.807) is 0 Å². The SMILES string of the molecule is CCCCCCCCCCCCCCCCCCC/C=C/CC/C=C/CC/C=C/CCCC(O)C(O)C(CO)NC(=O)C(O)CCCCCCCCCCCCCCCCCC. The summed E-state index contributed by atoms with van der Waals surface area (Å²) in [5.41, 5.74) is 0. The first-order valence-corrected chi connectivity index (χ1v) is 27.4. The molecule has 0 saturated carbocycles. The fourth-order valence-corrected chi connectivity index (χ4v) is 8.50. The minimum atomic E-state index is -1.29. The molecule has 0 aliphatic heterocycles. The van der Waals surface area contributed by atoms with Gasteiger partial charge in [-0.15, -0.1) is 0 Å². The lowest BCUT2D eigenvalue weighted by Crippen LogP contribution is -2.53. The number of carbonyl (C=O) groups is 1. The Bertz CT molecular complexity index is 981. The quantitative estimate of drug-likeness (QED) is 0.0309. The van der Waals surface area contributed by atoms with Gasteiger partial charge in [-0.25, -0.2) is 0 Å². The Morgan fingerprint density at radius 3 is 1.02 bits per heavy atom. The smallest absolute Gasteiger partial charge is 0.249 e. The summed E-state index contributed by atoms with van der Waals surface area (Å²) in [4.78, 5) is 12.5. The van der Waals surface area contributed by atoms with Crippen LogP contribution in [0.4, 0.5) is 0 Å². The zero-order valence-corrected chi connectivity index (χ0v) is 41.4. The van der Waals surface area contributed by atoms with Crippen molar-refractivity contribution in [3.05, 3.63) is 36.5 Å². The molecule has 0 fully saturated rings. The van der Waals surface area contributed by atoms with E-state index in [1.807, 2.05) is 0 Å². The van der Waals surface area contributed by atoms with Crippen molar-refractivity contribution < 1.29 is 25.2 Å². The van der Waals surface area contributed by atoms with Crippen molar-refractivity contribution in [3.8, 4) is 0 Å². The molecule has 1 amide bonds. The van der Waals surface area contributed by atoms with Gasteiger partial charge in [0.15, 0.2) is 0 Å². The van der Waals surface area contributed by atoms with Gasteiger partial charge in [0.1, 0.15) is 12.2 Å². The molecule has 0 aromatic heterocycles. The summed E-state index contributed by atoms with van der Waals surface area (Å²) in [5.74, 6) is -0.597. The summed E-state index contributed by atoms with van der Waals surface area (Å²) in [6, 6.07) is -1.01. The lowest BCUT2D eigenvalue weighted by molar-refractivity contribution is -0.132. The topological polar surface area (TPSA) is 110 Å². The molecule has 0 saturated heterocycles. The van der Waals surface area contributed by atoms with Crippen LogP contribution in [0.1, 0.15) is 284 Å². The van der Waals surface area contributed by atoms with E-state index in [0.29, 0.717) is 19.3 Å². The number of amides is 1. The van der Waals surface area contributed by atoms with E-state index >= 15 is 0 Å². The van der Waals surface area contributed by atoms with Crippen molar-refractivity contribution >= 4 is 5.91 Å². The van der Waals surface area contributed by atoms with Crippen LogP contribution in [0.5, 0.6) is 0 Å². The molecule has 4 unspecified atom stereocenters. The Kier molecular flexibility index (Phi) is 49.3. The second-order valence-electron chi connectivity index (χ2n) is 18.9. The first-order chi connectivity index (χ1) is 30.5. The van der Waals surface area contributed by atoms with Crippen LogP contribution in [0.3, 0.4) is 0 Å². The molecule has 0 rings (SSSR count). The lowest BCUT2D eigenvalue weighted by atomic mass is 10.00.